The van der Waals surface area contributed by atoms with E-state index in [-0.39, 0.29) is 5.41 Å². The molecule has 0 bridgehead atoms. The Labute approximate surface area is 97.5 Å². The van der Waals surface area contributed by atoms with Crippen molar-refractivity contribution < 1.29 is 5.11 Å². The molecule has 0 spiro atoms. The maximum Gasteiger partial charge on any atom is 0.0521 e. The smallest absolute Gasteiger partial charge is 0.0521 e. The van der Waals surface area contributed by atoms with E-state index in [0.29, 0.717) is 6.61 Å². The summed E-state index contributed by atoms with van der Waals surface area (Å²) in [5.74, 6) is 0. The highest BCUT2D eigenvalue weighted by molar-refractivity contribution is 5.04. The van der Waals surface area contributed by atoms with Crippen molar-refractivity contribution in [1.29, 1.82) is 0 Å². The second kappa shape index (κ2) is 5.00. The van der Waals surface area contributed by atoms with E-state index < -0.39 is 0 Å². The van der Waals surface area contributed by atoms with Crippen LogP contribution < -0.4 is 0 Å². The van der Waals surface area contributed by atoms with E-state index in [4.69, 9.17) is 0 Å². The van der Waals surface area contributed by atoms with Crippen LogP contribution in [0.1, 0.15) is 44.1 Å². The van der Waals surface area contributed by atoms with Crippen molar-refractivity contribution in [3.63, 3.8) is 0 Å². The van der Waals surface area contributed by atoms with E-state index in [9.17, 15) is 5.11 Å². The van der Waals surface area contributed by atoms with Crippen molar-refractivity contribution in [2.45, 2.75) is 44.9 Å². The molecule has 1 aliphatic rings. The third-order valence-electron chi connectivity index (χ3n) is 3.95. The second-order valence-corrected chi connectivity index (χ2v) is 5.24. The molecule has 0 radical (unpaired) electrons. The Kier molecular flexibility index (Phi) is 3.64. The molecule has 0 saturated heterocycles. The Hall–Kier alpha value is -0.830. The normalized spacial score (nSPS) is 19.9. The third kappa shape index (κ3) is 2.64. The van der Waals surface area contributed by atoms with Crippen LogP contribution >= 0.6 is 0 Å². The SMILES string of the molecule is Cn1cc(CCC2(CO)CCCCC2)cn1. The zero-order valence-corrected chi connectivity index (χ0v) is 10.2. The van der Waals surface area contributed by atoms with Crippen LogP contribution in [-0.2, 0) is 13.5 Å². The Morgan fingerprint density at radius 1 is 1.38 bits per heavy atom. The summed E-state index contributed by atoms with van der Waals surface area (Å²) >= 11 is 0. The van der Waals surface area contributed by atoms with E-state index in [1.807, 2.05) is 17.9 Å². The minimum atomic E-state index is 0.202. The molecule has 0 aliphatic heterocycles. The molecule has 0 atom stereocenters. The first kappa shape index (κ1) is 11.6. The quantitative estimate of drug-likeness (QED) is 0.849. The Morgan fingerprint density at radius 2 is 2.12 bits per heavy atom. The molecule has 1 fully saturated rings. The molecular formula is C13H22N2O. The monoisotopic (exact) mass is 222 g/mol. The van der Waals surface area contributed by atoms with Gasteiger partial charge in [0.2, 0.25) is 0 Å². The van der Waals surface area contributed by atoms with Gasteiger partial charge in [-0.1, -0.05) is 19.3 Å². The predicted octanol–water partition coefficient (Wildman–Crippen LogP) is 2.30. The van der Waals surface area contributed by atoms with Gasteiger partial charge in [-0.15, -0.1) is 0 Å². The summed E-state index contributed by atoms with van der Waals surface area (Å²) in [7, 11) is 1.95. The number of aromatic nitrogens is 2. The number of aryl methyl sites for hydroxylation is 2. The van der Waals surface area contributed by atoms with Crippen LogP contribution in [-0.4, -0.2) is 21.5 Å². The fourth-order valence-corrected chi connectivity index (χ4v) is 2.80. The van der Waals surface area contributed by atoms with Gasteiger partial charge in [-0.2, -0.15) is 5.10 Å². The zero-order chi connectivity index (χ0) is 11.4. The van der Waals surface area contributed by atoms with Gasteiger partial charge in [-0.25, -0.2) is 0 Å². The van der Waals surface area contributed by atoms with Gasteiger partial charge in [0.1, 0.15) is 0 Å². The van der Waals surface area contributed by atoms with E-state index in [2.05, 4.69) is 11.3 Å². The highest BCUT2D eigenvalue weighted by Gasteiger charge is 2.30. The van der Waals surface area contributed by atoms with Crippen molar-refractivity contribution >= 4 is 0 Å². The Balaban J connectivity index is 1.91. The third-order valence-corrected chi connectivity index (χ3v) is 3.95. The minimum absolute atomic E-state index is 0.202. The molecule has 16 heavy (non-hydrogen) atoms. The molecule has 1 saturated carbocycles. The average Bonchev–Trinajstić information content (AvgIpc) is 2.74. The largest absolute Gasteiger partial charge is 0.396 e. The topological polar surface area (TPSA) is 38.0 Å². The van der Waals surface area contributed by atoms with Crippen LogP contribution in [0.5, 0.6) is 0 Å². The van der Waals surface area contributed by atoms with Crippen LogP contribution in [0.15, 0.2) is 12.4 Å². The standard InChI is InChI=1S/C13H22N2O/c1-15-10-12(9-14-15)5-8-13(11-16)6-3-2-4-7-13/h9-10,16H,2-8,11H2,1H3. The molecule has 1 aromatic heterocycles. The summed E-state index contributed by atoms with van der Waals surface area (Å²) in [5.41, 5.74) is 1.49. The molecule has 90 valence electrons. The number of nitrogens with zero attached hydrogens (tertiary/aromatic N) is 2. The zero-order valence-electron chi connectivity index (χ0n) is 10.2. The number of aliphatic hydroxyl groups excluding tert-OH is 1. The van der Waals surface area contributed by atoms with Crippen molar-refractivity contribution in [2.24, 2.45) is 12.5 Å². The molecule has 3 heteroatoms. The van der Waals surface area contributed by atoms with Gasteiger partial charge < -0.3 is 5.11 Å². The first-order chi connectivity index (χ1) is 7.74. The fraction of sp³-hybridized carbons (Fsp3) is 0.769. The van der Waals surface area contributed by atoms with Gasteiger partial charge in [-0.05, 0) is 36.7 Å². The maximum atomic E-state index is 9.60. The first-order valence-electron chi connectivity index (χ1n) is 6.32. The van der Waals surface area contributed by atoms with E-state index in [1.165, 1.54) is 37.7 Å². The van der Waals surface area contributed by atoms with Crippen molar-refractivity contribution in [2.75, 3.05) is 6.61 Å². The molecule has 1 heterocycles. The first-order valence-corrected chi connectivity index (χ1v) is 6.32. The summed E-state index contributed by atoms with van der Waals surface area (Å²) < 4.78 is 1.85. The van der Waals surface area contributed by atoms with Crippen molar-refractivity contribution in [3.8, 4) is 0 Å². The van der Waals surface area contributed by atoms with Crippen LogP contribution in [0.4, 0.5) is 0 Å². The Bertz CT molecular complexity index is 326. The lowest BCUT2D eigenvalue weighted by atomic mass is 9.71. The van der Waals surface area contributed by atoms with Crippen molar-refractivity contribution in [3.05, 3.63) is 18.0 Å². The number of hydrogen-bond donors (Lipinski definition) is 1. The maximum absolute atomic E-state index is 9.60. The highest BCUT2D eigenvalue weighted by Crippen LogP contribution is 2.39. The van der Waals surface area contributed by atoms with E-state index in [0.717, 1.165) is 12.8 Å². The highest BCUT2D eigenvalue weighted by atomic mass is 16.3. The van der Waals surface area contributed by atoms with Gasteiger partial charge in [0.15, 0.2) is 0 Å². The van der Waals surface area contributed by atoms with Crippen LogP contribution in [0.25, 0.3) is 0 Å². The van der Waals surface area contributed by atoms with Crippen LogP contribution in [0.3, 0.4) is 0 Å². The number of hydrogen-bond acceptors (Lipinski definition) is 2. The summed E-state index contributed by atoms with van der Waals surface area (Å²) in [5, 5.41) is 13.8. The summed E-state index contributed by atoms with van der Waals surface area (Å²) in [6.07, 6.45) is 12.5. The van der Waals surface area contributed by atoms with Crippen molar-refractivity contribution in [1.82, 2.24) is 9.78 Å². The van der Waals surface area contributed by atoms with Gasteiger partial charge in [0, 0.05) is 19.9 Å². The van der Waals surface area contributed by atoms with E-state index >= 15 is 0 Å². The number of aliphatic hydroxyl groups is 1. The molecule has 0 amide bonds. The molecule has 0 unspecified atom stereocenters. The van der Waals surface area contributed by atoms with Crippen LogP contribution in [0, 0.1) is 5.41 Å². The lowest BCUT2D eigenvalue weighted by molar-refractivity contribution is 0.0737. The summed E-state index contributed by atoms with van der Waals surface area (Å²) in [4.78, 5) is 0. The molecule has 1 aromatic rings. The average molecular weight is 222 g/mol. The van der Waals surface area contributed by atoms with E-state index in [1.54, 1.807) is 0 Å². The lowest BCUT2D eigenvalue weighted by Gasteiger charge is -2.35. The molecule has 3 nitrogen and oxygen atoms in total. The predicted molar refractivity (Wildman–Crippen MR) is 64.1 cm³/mol. The van der Waals surface area contributed by atoms with Crippen LogP contribution in [0.2, 0.25) is 0 Å². The van der Waals surface area contributed by atoms with Gasteiger partial charge in [0.25, 0.3) is 0 Å². The minimum Gasteiger partial charge on any atom is -0.396 e. The number of rotatable bonds is 4. The second-order valence-electron chi connectivity index (χ2n) is 5.24. The lowest BCUT2D eigenvalue weighted by Crippen LogP contribution is -2.28. The summed E-state index contributed by atoms with van der Waals surface area (Å²) in [6, 6.07) is 0. The molecular weight excluding hydrogens is 200 g/mol. The Morgan fingerprint density at radius 3 is 2.69 bits per heavy atom. The molecule has 2 rings (SSSR count). The summed E-state index contributed by atoms with van der Waals surface area (Å²) in [6.45, 7) is 0.354. The van der Waals surface area contributed by atoms with Gasteiger partial charge in [-0.3, -0.25) is 4.68 Å². The van der Waals surface area contributed by atoms with Gasteiger partial charge in [0.05, 0.1) is 6.20 Å². The molecule has 1 aliphatic carbocycles. The molecule has 1 N–H and O–H groups in total. The molecule has 0 aromatic carbocycles. The fourth-order valence-electron chi connectivity index (χ4n) is 2.80. The van der Waals surface area contributed by atoms with Gasteiger partial charge >= 0.3 is 0 Å².